The Morgan fingerprint density at radius 1 is 1.20 bits per heavy atom. The summed E-state index contributed by atoms with van der Waals surface area (Å²) in [6, 6.07) is 8.15. The fourth-order valence-electron chi connectivity index (χ4n) is 3.93. The van der Waals surface area contributed by atoms with Gasteiger partial charge in [-0.05, 0) is 57.7 Å². The summed E-state index contributed by atoms with van der Waals surface area (Å²) in [6.45, 7) is 7.01. The number of carbonyl (C=O) groups excluding carboxylic acids is 1. The standard InChI is InChI=1S/C23H34N2O4S/c1-17(20-12-10-19(15-24)11-13-20)30(27,28)16-21(14-18-8-6-5-7-9-18)25-22(26)29-23(2,3)4/h10-13,17-18,21H,5-9,14,16H2,1-4H3,(H,25,26)/t17?,21-/m0/s1. The van der Waals surface area contributed by atoms with Crippen LogP contribution in [-0.2, 0) is 14.6 Å². The first kappa shape index (κ1) is 24.2. The number of sulfone groups is 1. The van der Waals surface area contributed by atoms with Gasteiger partial charge in [-0.2, -0.15) is 5.26 Å². The number of nitrogens with one attached hydrogen (secondary N) is 1. The summed E-state index contributed by atoms with van der Waals surface area (Å²) < 4.78 is 31.7. The normalized spacial score (nSPS) is 17.6. The number of amides is 1. The van der Waals surface area contributed by atoms with Crippen LogP contribution in [0.15, 0.2) is 24.3 Å². The molecule has 2 rings (SSSR count). The average molecular weight is 435 g/mol. The zero-order valence-electron chi connectivity index (χ0n) is 18.5. The van der Waals surface area contributed by atoms with Gasteiger partial charge in [0.15, 0.2) is 9.84 Å². The number of hydrogen-bond donors (Lipinski definition) is 1. The maximum Gasteiger partial charge on any atom is 0.407 e. The van der Waals surface area contributed by atoms with E-state index in [1.807, 2.05) is 6.07 Å². The maximum absolute atomic E-state index is 13.1. The molecule has 30 heavy (non-hydrogen) atoms. The molecule has 0 spiro atoms. The molecule has 2 atom stereocenters. The van der Waals surface area contributed by atoms with Gasteiger partial charge in [-0.1, -0.05) is 44.2 Å². The Labute approximate surface area is 180 Å². The van der Waals surface area contributed by atoms with Gasteiger partial charge in [0.25, 0.3) is 0 Å². The third-order valence-electron chi connectivity index (χ3n) is 5.54. The lowest BCUT2D eigenvalue weighted by molar-refractivity contribution is 0.0501. The molecule has 1 aliphatic rings. The van der Waals surface area contributed by atoms with Crippen molar-refractivity contribution in [2.75, 3.05) is 5.75 Å². The largest absolute Gasteiger partial charge is 0.444 e. The Morgan fingerprint density at radius 2 is 1.80 bits per heavy atom. The highest BCUT2D eigenvalue weighted by Crippen LogP contribution is 2.29. The molecule has 0 bridgehead atoms. The molecular weight excluding hydrogens is 400 g/mol. The number of nitriles is 1. The molecule has 0 heterocycles. The van der Waals surface area contributed by atoms with Crippen molar-refractivity contribution in [3.8, 4) is 6.07 Å². The van der Waals surface area contributed by atoms with Gasteiger partial charge in [-0.25, -0.2) is 13.2 Å². The lowest BCUT2D eigenvalue weighted by Crippen LogP contribution is -2.44. The first-order chi connectivity index (χ1) is 14.0. The molecule has 0 aliphatic heterocycles. The molecule has 6 nitrogen and oxygen atoms in total. The van der Waals surface area contributed by atoms with Crippen molar-refractivity contribution >= 4 is 15.9 Å². The molecule has 166 valence electrons. The minimum absolute atomic E-state index is 0.135. The Hall–Kier alpha value is -2.07. The highest BCUT2D eigenvalue weighted by Gasteiger charge is 2.30. The Bertz CT molecular complexity index is 845. The number of carbonyl (C=O) groups is 1. The van der Waals surface area contributed by atoms with Crippen molar-refractivity contribution in [2.45, 2.75) is 83.1 Å². The van der Waals surface area contributed by atoms with Crippen molar-refractivity contribution in [3.63, 3.8) is 0 Å². The van der Waals surface area contributed by atoms with E-state index in [4.69, 9.17) is 10.00 Å². The Kier molecular flexibility index (Phi) is 8.31. The van der Waals surface area contributed by atoms with Gasteiger partial charge in [0, 0.05) is 6.04 Å². The van der Waals surface area contributed by atoms with E-state index in [-0.39, 0.29) is 5.75 Å². The minimum atomic E-state index is -3.53. The van der Waals surface area contributed by atoms with E-state index in [1.54, 1.807) is 52.0 Å². The molecule has 1 fully saturated rings. The molecule has 1 unspecified atom stereocenters. The van der Waals surface area contributed by atoms with Crippen molar-refractivity contribution in [1.82, 2.24) is 5.32 Å². The molecule has 1 N–H and O–H groups in total. The third-order valence-corrected chi connectivity index (χ3v) is 7.76. The van der Waals surface area contributed by atoms with Crippen LogP contribution in [0.2, 0.25) is 0 Å². The van der Waals surface area contributed by atoms with E-state index >= 15 is 0 Å². The number of hydrogen-bond acceptors (Lipinski definition) is 5. The van der Waals surface area contributed by atoms with E-state index in [0.717, 1.165) is 25.7 Å². The van der Waals surface area contributed by atoms with Crippen LogP contribution < -0.4 is 5.32 Å². The van der Waals surface area contributed by atoms with Crippen LogP contribution in [0.4, 0.5) is 4.79 Å². The van der Waals surface area contributed by atoms with Crippen molar-refractivity contribution in [3.05, 3.63) is 35.4 Å². The van der Waals surface area contributed by atoms with Gasteiger partial charge in [0.1, 0.15) is 5.60 Å². The molecule has 0 aromatic heterocycles. The Morgan fingerprint density at radius 3 is 2.33 bits per heavy atom. The van der Waals surface area contributed by atoms with Crippen molar-refractivity contribution in [2.24, 2.45) is 5.92 Å². The fourth-order valence-corrected chi connectivity index (χ4v) is 5.57. The first-order valence-corrected chi connectivity index (χ1v) is 12.4. The van der Waals surface area contributed by atoms with Crippen LogP contribution >= 0.6 is 0 Å². The summed E-state index contributed by atoms with van der Waals surface area (Å²) in [5, 5.41) is 11.0. The molecule has 0 radical (unpaired) electrons. The summed E-state index contributed by atoms with van der Waals surface area (Å²) in [4.78, 5) is 12.3. The van der Waals surface area contributed by atoms with Gasteiger partial charge in [0.05, 0.1) is 22.6 Å². The number of alkyl carbamates (subject to hydrolysis) is 1. The Balaban J connectivity index is 2.14. The number of ether oxygens (including phenoxy) is 1. The monoisotopic (exact) mass is 434 g/mol. The summed E-state index contributed by atoms with van der Waals surface area (Å²) in [5.74, 6) is 0.281. The second-order valence-corrected chi connectivity index (χ2v) is 11.7. The maximum atomic E-state index is 13.1. The van der Waals surface area contributed by atoms with Crippen molar-refractivity contribution in [1.29, 1.82) is 5.26 Å². The lowest BCUT2D eigenvalue weighted by Gasteiger charge is -2.29. The molecule has 1 aromatic rings. The van der Waals surface area contributed by atoms with Crippen LogP contribution in [0.1, 0.15) is 82.6 Å². The van der Waals surface area contributed by atoms with Crippen LogP contribution in [-0.4, -0.2) is 31.9 Å². The summed E-state index contributed by atoms with van der Waals surface area (Å²) in [6.07, 6.45) is 5.71. The van der Waals surface area contributed by atoms with Gasteiger partial charge >= 0.3 is 6.09 Å². The average Bonchev–Trinajstić information content (AvgIpc) is 2.66. The van der Waals surface area contributed by atoms with E-state index in [0.29, 0.717) is 23.5 Å². The van der Waals surface area contributed by atoms with E-state index in [9.17, 15) is 13.2 Å². The van der Waals surface area contributed by atoms with Crippen molar-refractivity contribution < 1.29 is 17.9 Å². The van der Waals surface area contributed by atoms with Gasteiger partial charge < -0.3 is 10.1 Å². The molecular formula is C23H34N2O4S. The fraction of sp³-hybridized carbons (Fsp3) is 0.652. The second-order valence-electron chi connectivity index (χ2n) is 9.29. The zero-order valence-corrected chi connectivity index (χ0v) is 19.3. The highest BCUT2D eigenvalue weighted by molar-refractivity contribution is 7.91. The minimum Gasteiger partial charge on any atom is -0.444 e. The van der Waals surface area contributed by atoms with Crippen LogP contribution in [0.25, 0.3) is 0 Å². The highest BCUT2D eigenvalue weighted by atomic mass is 32.2. The first-order valence-electron chi connectivity index (χ1n) is 10.7. The lowest BCUT2D eigenvalue weighted by atomic mass is 9.85. The predicted molar refractivity (Wildman–Crippen MR) is 118 cm³/mol. The number of benzene rings is 1. The summed E-state index contributed by atoms with van der Waals surface area (Å²) in [7, 11) is -3.53. The molecule has 1 amide bonds. The van der Waals surface area contributed by atoms with E-state index in [2.05, 4.69) is 5.32 Å². The molecule has 1 aromatic carbocycles. The third kappa shape index (κ3) is 7.64. The van der Waals surface area contributed by atoms with Gasteiger partial charge in [0.2, 0.25) is 0 Å². The smallest absolute Gasteiger partial charge is 0.407 e. The predicted octanol–water partition coefficient (Wildman–Crippen LogP) is 4.90. The molecule has 0 saturated heterocycles. The second kappa shape index (κ2) is 10.3. The van der Waals surface area contributed by atoms with Crippen LogP contribution in [0.3, 0.4) is 0 Å². The summed E-state index contributed by atoms with van der Waals surface area (Å²) in [5.41, 5.74) is 0.488. The molecule has 7 heteroatoms. The number of nitrogens with zero attached hydrogens (tertiary/aromatic N) is 1. The summed E-state index contributed by atoms with van der Waals surface area (Å²) >= 11 is 0. The van der Waals surface area contributed by atoms with Crippen LogP contribution in [0, 0.1) is 17.2 Å². The van der Waals surface area contributed by atoms with E-state index < -0.39 is 32.8 Å². The van der Waals surface area contributed by atoms with E-state index in [1.165, 1.54) is 6.42 Å². The molecule has 1 saturated carbocycles. The topological polar surface area (TPSA) is 96.3 Å². The zero-order chi connectivity index (χ0) is 22.4. The SMILES string of the molecule is CC(c1ccc(C#N)cc1)S(=O)(=O)C[C@H](CC1CCCCC1)NC(=O)OC(C)(C)C. The quantitative estimate of drug-likeness (QED) is 0.658. The van der Waals surface area contributed by atoms with Gasteiger partial charge in [-0.3, -0.25) is 0 Å². The van der Waals surface area contributed by atoms with Gasteiger partial charge in [-0.15, -0.1) is 0 Å². The molecule has 1 aliphatic carbocycles. The van der Waals surface area contributed by atoms with Crippen LogP contribution in [0.5, 0.6) is 0 Å². The number of rotatable bonds is 7.